The van der Waals surface area contributed by atoms with Crippen LogP contribution in [0.1, 0.15) is 19.7 Å². The van der Waals surface area contributed by atoms with E-state index < -0.39 is 0 Å². The Hall–Kier alpha value is -1.89. The molecule has 0 amide bonds. The van der Waals surface area contributed by atoms with Gasteiger partial charge in [0.1, 0.15) is 16.7 Å². The lowest BCUT2D eigenvalue weighted by molar-refractivity contribution is 0.878. The predicted octanol–water partition coefficient (Wildman–Crippen LogP) is 1.71. The Morgan fingerprint density at radius 3 is 2.89 bits per heavy atom. The van der Waals surface area contributed by atoms with Gasteiger partial charge in [-0.05, 0) is 18.7 Å². The predicted molar refractivity (Wildman–Crippen MR) is 74.6 cm³/mol. The number of nitrogens with zero attached hydrogens (tertiary/aromatic N) is 3. The van der Waals surface area contributed by atoms with Crippen molar-refractivity contribution in [3.63, 3.8) is 0 Å². The van der Waals surface area contributed by atoms with E-state index in [1.165, 1.54) is 24.0 Å². The van der Waals surface area contributed by atoms with Gasteiger partial charge in [-0.25, -0.2) is 15.0 Å². The van der Waals surface area contributed by atoms with E-state index in [-0.39, 0.29) is 5.56 Å². The molecular weight excluding hydrogens is 262 g/mol. The van der Waals surface area contributed by atoms with E-state index in [0.29, 0.717) is 5.16 Å². The summed E-state index contributed by atoms with van der Waals surface area (Å²) < 4.78 is 0. The highest BCUT2D eigenvalue weighted by atomic mass is 32.2. The monoisotopic (exact) mass is 277 g/mol. The lowest BCUT2D eigenvalue weighted by Crippen LogP contribution is -2.06. The summed E-state index contributed by atoms with van der Waals surface area (Å²) in [4.78, 5) is 26.8. The summed E-state index contributed by atoms with van der Waals surface area (Å²) in [6.07, 6.45) is 2.24. The normalized spacial score (nSPS) is 10.4. The molecule has 2 aromatic heterocycles. The minimum Gasteiger partial charge on any atom is -0.370 e. The van der Waals surface area contributed by atoms with Crippen LogP contribution in [-0.4, -0.2) is 26.5 Å². The second-order valence-electron chi connectivity index (χ2n) is 3.73. The van der Waals surface area contributed by atoms with Crippen molar-refractivity contribution in [1.82, 2.24) is 19.9 Å². The summed E-state index contributed by atoms with van der Waals surface area (Å²) in [5, 5.41) is 4.45. The molecule has 100 valence electrons. The van der Waals surface area contributed by atoms with E-state index in [9.17, 15) is 4.79 Å². The Morgan fingerprint density at radius 1 is 1.37 bits per heavy atom. The molecule has 2 aromatic rings. The van der Waals surface area contributed by atoms with Crippen LogP contribution in [0.3, 0.4) is 0 Å². The first kappa shape index (κ1) is 13.5. The fourth-order valence-electron chi connectivity index (χ4n) is 1.46. The Morgan fingerprint density at radius 2 is 2.21 bits per heavy atom. The highest BCUT2D eigenvalue weighted by molar-refractivity contribution is 7.99. The molecule has 6 nitrogen and oxygen atoms in total. The van der Waals surface area contributed by atoms with Crippen LogP contribution in [0.4, 0.5) is 5.82 Å². The van der Waals surface area contributed by atoms with Gasteiger partial charge in [-0.15, -0.1) is 0 Å². The van der Waals surface area contributed by atoms with E-state index in [1.54, 1.807) is 0 Å². The summed E-state index contributed by atoms with van der Waals surface area (Å²) in [6.45, 7) is 4.81. The van der Waals surface area contributed by atoms with Crippen molar-refractivity contribution in [3.05, 3.63) is 34.5 Å². The van der Waals surface area contributed by atoms with Gasteiger partial charge in [0, 0.05) is 31.3 Å². The Labute approximate surface area is 115 Å². The first-order valence-corrected chi connectivity index (χ1v) is 6.88. The highest BCUT2D eigenvalue weighted by Crippen LogP contribution is 2.23. The lowest BCUT2D eigenvalue weighted by Gasteiger charge is -2.07. The van der Waals surface area contributed by atoms with Gasteiger partial charge in [-0.2, -0.15) is 0 Å². The molecule has 0 aromatic carbocycles. The van der Waals surface area contributed by atoms with E-state index in [0.717, 1.165) is 29.6 Å². The van der Waals surface area contributed by atoms with Crippen molar-refractivity contribution in [1.29, 1.82) is 0 Å². The van der Waals surface area contributed by atoms with Crippen molar-refractivity contribution >= 4 is 17.6 Å². The maximum atomic E-state index is 11.2. The third kappa shape index (κ3) is 3.78. The van der Waals surface area contributed by atoms with E-state index in [4.69, 9.17) is 0 Å². The SMILES string of the molecule is CCNc1cc(Sc2nccc(=O)[nH]2)nc(CC)n1. The third-order valence-electron chi connectivity index (χ3n) is 2.27. The minimum absolute atomic E-state index is 0.172. The fraction of sp³-hybridized carbons (Fsp3) is 0.333. The van der Waals surface area contributed by atoms with Gasteiger partial charge in [0.15, 0.2) is 5.16 Å². The summed E-state index contributed by atoms with van der Waals surface area (Å²) >= 11 is 1.31. The zero-order valence-corrected chi connectivity index (χ0v) is 11.6. The van der Waals surface area contributed by atoms with Gasteiger partial charge in [0.2, 0.25) is 0 Å². The van der Waals surface area contributed by atoms with Crippen LogP contribution in [0.25, 0.3) is 0 Å². The van der Waals surface area contributed by atoms with Crippen molar-refractivity contribution in [3.8, 4) is 0 Å². The molecule has 19 heavy (non-hydrogen) atoms. The molecule has 0 saturated heterocycles. The van der Waals surface area contributed by atoms with Crippen LogP contribution in [0.2, 0.25) is 0 Å². The van der Waals surface area contributed by atoms with E-state index in [1.807, 2.05) is 19.9 Å². The Bertz CT molecular complexity index is 613. The van der Waals surface area contributed by atoms with Crippen LogP contribution < -0.4 is 10.9 Å². The summed E-state index contributed by atoms with van der Waals surface area (Å²) in [7, 11) is 0. The quantitative estimate of drug-likeness (QED) is 0.639. The average molecular weight is 277 g/mol. The molecule has 0 spiro atoms. The number of nitrogens with one attached hydrogen (secondary N) is 2. The Balaban J connectivity index is 2.28. The van der Waals surface area contributed by atoms with Crippen LogP contribution in [0.15, 0.2) is 33.3 Å². The molecule has 0 bridgehead atoms. The van der Waals surface area contributed by atoms with Gasteiger partial charge in [-0.1, -0.05) is 6.92 Å². The van der Waals surface area contributed by atoms with Gasteiger partial charge >= 0.3 is 0 Å². The first-order valence-electron chi connectivity index (χ1n) is 6.06. The molecule has 2 N–H and O–H groups in total. The molecular formula is C12H15N5OS. The lowest BCUT2D eigenvalue weighted by atomic mass is 10.4. The molecule has 0 fully saturated rings. The fourth-order valence-corrected chi connectivity index (χ4v) is 2.24. The van der Waals surface area contributed by atoms with Gasteiger partial charge in [-0.3, -0.25) is 4.79 Å². The third-order valence-corrected chi connectivity index (χ3v) is 3.09. The van der Waals surface area contributed by atoms with Crippen molar-refractivity contribution in [2.75, 3.05) is 11.9 Å². The van der Waals surface area contributed by atoms with E-state index in [2.05, 4.69) is 25.3 Å². The number of rotatable bonds is 5. The van der Waals surface area contributed by atoms with Crippen LogP contribution in [-0.2, 0) is 6.42 Å². The van der Waals surface area contributed by atoms with Crippen molar-refractivity contribution < 1.29 is 0 Å². The van der Waals surface area contributed by atoms with Crippen molar-refractivity contribution in [2.24, 2.45) is 0 Å². The molecule has 0 saturated carbocycles. The molecule has 7 heteroatoms. The smallest absolute Gasteiger partial charge is 0.251 e. The number of hydrogen-bond donors (Lipinski definition) is 2. The zero-order valence-electron chi connectivity index (χ0n) is 10.8. The minimum atomic E-state index is -0.172. The van der Waals surface area contributed by atoms with Gasteiger partial charge in [0.05, 0.1) is 0 Å². The maximum absolute atomic E-state index is 11.2. The molecule has 0 unspecified atom stereocenters. The van der Waals surface area contributed by atoms with Crippen LogP contribution in [0, 0.1) is 0 Å². The maximum Gasteiger partial charge on any atom is 0.251 e. The average Bonchev–Trinajstić information content (AvgIpc) is 2.39. The zero-order chi connectivity index (χ0) is 13.7. The summed E-state index contributed by atoms with van der Waals surface area (Å²) in [5.41, 5.74) is -0.172. The van der Waals surface area contributed by atoms with Gasteiger partial charge < -0.3 is 10.3 Å². The molecule has 2 rings (SSSR count). The molecule has 0 aliphatic carbocycles. The highest BCUT2D eigenvalue weighted by Gasteiger charge is 2.06. The number of H-pyrrole nitrogens is 1. The molecule has 0 atom stereocenters. The summed E-state index contributed by atoms with van der Waals surface area (Å²) in [6, 6.07) is 3.23. The summed E-state index contributed by atoms with van der Waals surface area (Å²) in [5.74, 6) is 1.55. The topological polar surface area (TPSA) is 83.6 Å². The van der Waals surface area contributed by atoms with Crippen LogP contribution in [0.5, 0.6) is 0 Å². The number of aromatic nitrogens is 4. The number of aromatic amines is 1. The number of anilines is 1. The van der Waals surface area contributed by atoms with Gasteiger partial charge in [0.25, 0.3) is 5.56 Å². The molecule has 0 radical (unpaired) electrons. The first-order chi connectivity index (χ1) is 9.21. The number of hydrogen-bond acceptors (Lipinski definition) is 6. The second-order valence-corrected chi connectivity index (χ2v) is 4.74. The second kappa shape index (κ2) is 6.33. The molecule has 0 aliphatic rings. The standard InChI is InChI=1S/C12H15N5OS/c1-3-8-15-9(13-4-2)7-11(16-8)19-12-14-6-5-10(18)17-12/h5-7H,3-4H2,1-2H3,(H,13,15,16)(H,14,17,18). The van der Waals surface area contributed by atoms with E-state index >= 15 is 0 Å². The van der Waals surface area contributed by atoms with Crippen molar-refractivity contribution in [2.45, 2.75) is 30.5 Å². The number of aryl methyl sites for hydroxylation is 1. The molecule has 2 heterocycles. The van der Waals surface area contributed by atoms with Crippen LogP contribution >= 0.6 is 11.8 Å². The largest absolute Gasteiger partial charge is 0.370 e. The molecule has 0 aliphatic heterocycles. The Kier molecular flexibility index (Phi) is 4.51.